The van der Waals surface area contributed by atoms with Crippen LogP contribution in [-0.2, 0) is 23.7 Å². The number of likely N-dealkylation sites (tertiary alicyclic amines) is 2. The first-order chi connectivity index (χ1) is 21.5. The number of nitrogens with zero attached hydrogens (tertiary/aromatic N) is 3. The molecule has 4 heterocycles. The molecule has 0 aliphatic carbocycles. The van der Waals surface area contributed by atoms with Gasteiger partial charge in [-0.25, -0.2) is 0 Å². The lowest BCUT2D eigenvalue weighted by atomic mass is 9.81. The van der Waals surface area contributed by atoms with Crippen molar-refractivity contribution >= 4 is 22.7 Å². The molecule has 1 aromatic heterocycles. The minimum atomic E-state index is -0.645. The monoisotopic (exact) mass is 611 g/mol. The lowest BCUT2D eigenvalue weighted by Crippen LogP contribution is -2.49. The molecule has 3 aliphatic heterocycles. The van der Waals surface area contributed by atoms with Crippen LogP contribution in [0.4, 0.5) is 0 Å². The number of aliphatic hydroxyl groups is 1. The summed E-state index contributed by atoms with van der Waals surface area (Å²) in [7, 11) is 0. The number of piperidine rings is 2. The van der Waals surface area contributed by atoms with E-state index in [0.29, 0.717) is 57.7 Å². The topological polar surface area (TPSA) is 103 Å². The number of aromatic nitrogens is 1. The molecular weight excluding hydrogens is 562 g/mol. The Bertz CT molecular complexity index is 1260. The largest absolute Gasteiger partial charge is 0.459 e. The molecule has 3 aliphatic rings. The minimum absolute atomic E-state index is 0.0190. The van der Waals surface area contributed by atoms with Gasteiger partial charge in [0, 0.05) is 62.7 Å². The molecule has 10 nitrogen and oxygen atoms in total. The van der Waals surface area contributed by atoms with Gasteiger partial charge in [-0.3, -0.25) is 14.2 Å². The van der Waals surface area contributed by atoms with Crippen LogP contribution in [-0.4, -0.2) is 109 Å². The zero-order valence-corrected chi connectivity index (χ0v) is 26.3. The van der Waals surface area contributed by atoms with Crippen LogP contribution in [0.2, 0.25) is 0 Å². The second-order valence-corrected chi connectivity index (χ2v) is 12.0. The van der Waals surface area contributed by atoms with Crippen molar-refractivity contribution in [3.63, 3.8) is 0 Å². The number of rotatable bonds is 13. The summed E-state index contributed by atoms with van der Waals surface area (Å²) in [5.41, 5.74) is 1.81. The van der Waals surface area contributed by atoms with Crippen LogP contribution in [0.1, 0.15) is 68.6 Å². The first-order valence-corrected chi connectivity index (χ1v) is 16.4. The number of hydrogen-bond acceptors (Lipinski definition) is 8. The molecule has 3 atom stereocenters. The fourth-order valence-corrected chi connectivity index (χ4v) is 7.00. The van der Waals surface area contributed by atoms with Gasteiger partial charge in [-0.15, -0.1) is 0 Å². The molecule has 1 N–H and O–H groups in total. The molecule has 242 valence electrons. The Morgan fingerprint density at radius 1 is 0.977 bits per heavy atom. The van der Waals surface area contributed by atoms with Gasteiger partial charge in [0.15, 0.2) is 5.76 Å². The molecule has 0 saturated carbocycles. The Morgan fingerprint density at radius 2 is 1.70 bits per heavy atom. The Morgan fingerprint density at radius 3 is 2.41 bits per heavy atom. The Hall–Kier alpha value is -2.76. The maximum atomic E-state index is 14.0. The molecule has 2 saturated heterocycles. The van der Waals surface area contributed by atoms with Gasteiger partial charge >= 0.3 is 0 Å². The molecule has 1 aromatic carbocycles. The molecule has 0 radical (unpaired) electrons. The van der Waals surface area contributed by atoms with Gasteiger partial charge in [0.2, 0.25) is 12.2 Å². The maximum absolute atomic E-state index is 14.0. The number of aliphatic hydroxyl groups excluding tert-OH is 1. The van der Waals surface area contributed by atoms with Crippen LogP contribution in [0.3, 0.4) is 0 Å². The van der Waals surface area contributed by atoms with Crippen LogP contribution in [0.25, 0.3) is 10.9 Å². The number of carbonyl (C=O) groups excluding carboxylic acids is 2. The standard InChI is InChI=1S/C34H49N3O7/c1-3-43-34-28(13-19-41-21-22-42-20-18-38)29(30-24-37(25(2)39)31-10-6-5-9-27(30)31)23-32(44-34)33(40)36-16-11-26(12-17-36)35-14-7-4-8-15-35/h5-6,9-10,23-24,26,28-29,34,38H,3-4,7-8,11-22H2,1-2H3. The van der Waals surface area contributed by atoms with Crippen LogP contribution in [0, 0.1) is 5.92 Å². The third-order valence-electron chi connectivity index (χ3n) is 9.23. The molecule has 1 amide bonds. The molecule has 2 aromatic rings. The van der Waals surface area contributed by atoms with Gasteiger partial charge in [0.05, 0.1) is 31.9 Å². The summed E-state index contributed by atoms with van der Waals surface area (Å²) in [6, 6.07) is 8.43. The average molecular weight is 612 g/mol. The summed E-state index contributed by atoms with van der Waals surface area (Å²) >= 11 is 0. The summed E-state index contributed by atoms with van der Waals surface area (Å²) in [6.45, 7) is 9.20. The van der Waals surface area contributed by atoms with Crippen molar-refractivity contribution in [2.75, 3.05) is 65.8 Å². The Kier molecular flexibility index (Phi) is 11.9. The van der Waals surface area contributed by atoms with E-state index in [0.717, 1.165) is 29.3 Å². The number of ether oxygens (including phenoxy) is 4. The van der Waals surface area contributed by atoms with Crippen LogP contribution in [0.15, 0.2) is 42.3 Å². The Balaban J connectivity index is 1.39. The van der Waals surface area contributed by atoms with Gasteiger partial charge in [-0.05, 0) is 69.8 Å². The summed E-state index contributed by atoms with van der Waals surface area (Å²) in [5.74, 6) is -0.229. The number of benzene rings is 1. The first-order valence-electron chi connectivity index (χ1n) is 16.4. The SMILES string of the molecule is CCOC1OC(C(=O)N2CCC(N3CCCCC3)CC2)=CC(c2cn(C(C)=O)c3ccccc23)C1CCOCCOCCO. The van der Waals surface area contributed by atoms with E-state index < -0.39 is 6.29 Å². The van der Waals surface area contributed by atoms with Crippen LogP contribution < -0.4 is 0 Å². The van der Waals surface area contributed by atoms with Crippen molar-refractivity contribution in [2.24, 2.45) is 5.92 Å². The predicted octanol–water partition coefficient (Wildman–Crippen LogP) is 4.17. The number of allylic oxidation sites excluding steroid dienone is 1. The fraction of sp³-hybridized carbons (Fsp3) is 0.647. The minimum Gasteiger partial charge on any atom is -0.459 e. The quantitative estimate of drug-likeness (QED) is 0.337. The molecule has 0 spiro atoms. The van der Waals surface area contributed by atoms with Crippen LogP contribution in [0.5, 0.6) is 0 Å². The smallest absolute Gasteiger partial charge is 0.288 e. The second-order valence-electron chi connectivity index (χ2n) is 12.0. The first kappa shape index (κ1) is 32.6. The summed E-state index contributed by atoms with van der Waals surface area (Å²) in [5, 5.41) is 9.90. The fourth-order valence-electron chi connectivity index (χ4n) is 7.00. The van der Waals surface area contributed by atoms with E-state index in [4.69, 9.17) is 24.1 Å². The highest BCUT2D eigenvalue weighted by Crippen LogP contribution is 2.42. The molecular formula is C34H49N3O7. The molecule has 3 unspecified atom stereocenters. The van der Waals surface area contributed by atoms with Gasteiger partial charge in [-0.1, -0.05) is 24.6 Å². The summed E-state index contributed by atoms with van der Waals surface area (Å²) < 4.78 is 25.4. The third-order valence-corrected chi connectivity index (χ3v) is 9.23. The molecule has 5 rings (SSSR count). The maximum Gasteiger partial charge on any atom is 0.288 e. The van der Waals surface area contributed by atoms with Crippen LogP contribution >= 0.6 is 0 Å². The summed E-state index contributed by atoms with van der Waals surface area (Å²) in [4.78, 5) is 31.2. The van der Waals surface area contributed by atoms with E-state index in [-0.39, 0.29) is 36.9 Å². The van der Waals surface area contributed by atoms with E-state index in [9.17, 15) is 9.59 Å². The highest BCUT2D eigenvalue weighted by molar-refractivity contribution is 5.95. The number of carbonyl (C=O) groups is 2. The third kappa shape index (κ3) is 7.72. The van der Waals surface area contributed by atoms with E-state index in [1.54, 1.807) is 11.5 Å². The normalized spacial score (nSPS) is 23.5. The highest BCUT2D eigenvalue weighted by Gasteiger charge is 2.41. The van der Waals surface area contributed by atoms with Gasteiger partial charge in [-0.2, -0.15) is 0 Å². The van der Waals surface area contributed by atoms with E-state index in [1.165, 1.54) is 32.4 Å². The number of amides is 1. The highest BCUT2D eigenvalue weighted by atomic mass is 16.7. The van der Waals surface area contributed by atoms with Crippen molar-refractivity contribution in [3.05, 3.63) is 47.9 Å². The lowest BCUT2D eigenvalue weighted by Gasteiger charge is -2.41. The lowest BCUT2D eigenvalue weighted by molar-refractivity contribution is -0.172. The van der Waals surface area contributed by atoms with E-state index in [2.05, 4.69) is 4.90 Å². The van der Waals surface area contributed by atoms with Gasteiger partial charge in [0.1, 0.15) is 0 Å². The molecule has 10 heteroatoms. The number of hydrogen-bond donors (Lipinski definition) is 1. The summed E-state index contributed by atoms with van der Waals surface area (Å²) in [6.07, 6.45) is 9.65. The average Bonchev–Trinajstić information content (AvgIpc) is 3.45. The van der Waals surface area contributed by atoms with E-state index in [1.807, 2.05) is 48.4 Å². The zero-order valence-electron chi connectivity index (χ0n) is 26.3. The molecule has 2 fully saturated rings. The number of fused-ring (bicyclic) bond motifs is 1. The zero-order chi connectivity index (χ0) is 30.9. The van der Waals surface area contributed by atoms with Crippen molar-refractivity contribution in [1.29, 1.82) is 0 Å². The molecule has 44 heavy (non-hydrogen) atoms. The van der Waals surface area contributed by atoms with Crippen molar-refractivity contribution in [2.45, 2.75) is 70.6 Å². The van der Waals surface area contributed by atoms with Crippen molar-refractivity contribution < 1.29 is 33.6 Å². The second kappa shape index (κ2) is 16.0. The number of para-hydroxylation sites is 1. The van der Waals surface area contributed by atoms with Gasteiger partial charge < -0.3 is 33.9 Å². The van der Waals surface area contributed by atoms with Gasteiger partial charge in [0.25, 0.3) is 5.91 Å². The van der Waals surface area contributed by atoms with E-state index >= 15 is 0 Å². The predicted molar refractivity (Wildman–Crippen MR) is 167 cm³/mol. The van der Waals surface area contributed by atoms with Crippen molar-refractivity contribution in [3.8, 4) is 0 Å². The Labute approximate surface area is 260 Å². The molecule has 0 bridgehead atoms. The van der Waals surface area contributed by atoms with Crippen molar-refractivity contribution in [1.82, 2.24) is 14.4 Å².